The predicted molar refractivity (Wildman–Crippen MR) is 67.3 cm³/mol. The van der Waals surface area contributed by atoms with Crippen LogP contribution < -0.4 is 5.32 Å². The van der Waals surface area contributed by atoms with Gasteiger partial charge in [0.1, 0.15) is 11.6 Å². The van der Waals surface area contributed by atoms with E-state index in [1.165, 1.54) is 6.08 Å². The van der Waals surface area contributed by atoms with Crippen molar-refractivity contribution >= 4 is 12.0 Å². The maximum Gasteiger partial charge on any atom is 0.261 e. The summed E-state index contributed by atoms with van der Waals surface area (Å²) in [5, 5.41) is 11.6. The number of nitrogens with one attached hydrogen (secondary N) is 1. The smallest absolute Gasteiger partial charge is 0.261 e. The molecule has 0 aliphatic carbocycles. The molecule has 18 heavy (non-hydrogen) atoms. The first-order chi connectivity index (χ1) is 8.77. The summed E-state index contributed by atoms with van der Waals surface area (Å²) in [5.74, 6) is -0.377. The zero-order chi connectivity index (χ0) is 13.2. The SMILES string of the molecule is COCCCNC(=O)/C(C#N)=C\c1cccnc1. The monoisotopic (exact) mass is 245 g/mol. The number of amides is 1. The van der Waals surface area contributed by atoms with Crippen LogP contribution in [-0.4, -0.2) is 31.2 Å². The molecule has 0 aliphatic heterocycles. The molecular formula is C13H15N3O2. The highest BCUT2D eigenvalue weighted by Crippen LogP contribution is 2.04. The van der Waals surface area contributed by atoms with Crippen molar-refractivity contribution in [1.82, 2.24) is 10.3 Å². The van der Waals surface area contributed by atoms with Gasteiger partial charge in [-0.25, -0.2) is 0 Å². The molecular weight excluding hydrogens is 230 g/mol. The number of aromatic nitrogens is 1. The van der Waals surface area contributed by atoms with Gasteiger partial charge in [0.25, 0.3) is 5.91 Å². The number of carbonyl (C=O) groups excluding carboxylic acids is 1. The van der Waals surface area contributed by atoms with Gasteiger partial charge in [0.05, 0.1) is 0 Å². The van der Waals surface area contributed by atoms with Crippen molar-refractivity contribution in [2.45, 2.75) is 6.42 Å². The molecule has 0 atom stereocenters. The van der Waals surface area contributed by atoms with Crippen LogP contribution in [0.3, 0.4) is 0 Å². The minimum Gasteiger partial charge on any atom is -0.385 e. The average Bonchev–Trinajstić information content (AvgIpc) is 2.42. The highest BCUT2D eigenvalue weighted by Gasteiger charge is 2.07. The number of rotatable bonds is 6. The zero-order valence-electron chi connectivity index (χ0n) is 10.2. The first-order valence-electron chi connectivity index (χ1n) is 5.57. The van der Waals surface area contributed by atoms with E-state index in [4.69, 9.17) is 10.00 Å². The van der Waals surface area contributed by atoms with E-state index in [0.717, 1.165) is 5.56 Å². The van der Waals surface area contributed by atoms with Crippen molar-refractivity contribution in [1.29, 1.82) is 5.26 Å². The molecule has 1 aromatic rings. The second-order valence-corrected chi connectivity index (χ2v) is 3.56. The van der Waals surface area contributed by atoms with Gasteiger partial charge in [-0.2, -0.15) is 5.26 Å². The molecule has 0 aromatic carbocycles. The summed E-state index contributed by atoms with van der Waals surface area (Å²) in [6, 6.07) is 5.41. The maximum absolute atomic E-state index is 11.7. The van der Waals surface area contributed by atoms with Crippen molar-refractivity contribution in [3.05, 3.63) is 35.7 Å². The minimum absolute atomic E-state index is 0.0698. The second-order valence-electron chi connectivity index (χ2n) is 3.56. The molecule has 5 nitrogen and oxygen atoms in total. The Hall–Kier alpha value is -2.19. The number of pyridine rings is 1. The number of hydrogen-bond donors (Lipinski definition) is 1. The second kappa shape index (κ2) is 7.98. The molecule has 0 spiro atoms. The Morgan fingerprint density at radius 3 is 3.11 bits per heavy atom. The standard InChI is InChI=1S/C13H15N3O2/c1-18-7-3-6-16-13(17)12(9-14)8-11-4-2-5-15-10-11/h2,4-5,8,10H,3,6-7H2,1H3,(H,16,17)/b12-8-. The Balaban J connectivity index is 2.58. The van der Waals surface area contributed by atoms with Gasteiger partial charge >= 0.3 is 0 Å². The van der Waals surface area contributed by atoms with Gasteiger partial charge in [0.15, 0.2) is 0 Å². The van der Waals surface area contributed by atoms with Crippen LogP contribution in [0.25, 0.3) is 6.08 Å². The Labute approximate surface area is 106 Å². The lowest BCUT2D eigenvalue weighted by Gasteiger charge is -2.03. The molecule has 1 aromatic heterocycles. The zero-order valence-corrected chi connectivity index (χ0v) is 10.2. The van der Waals surface area contributed by atoms with Crippen LogP contribution in [0, 0.1) is 11.3 Å². The highest BCUT2D eigenvalue weighted by atomic mass is 16.5. The summed E-state index contributed by atoms with van der Waals surface area (Å²) >= 11 is 0. The molecule has 0 saturated carbocycles. The van der Waals surface area contributed by atoms with E-state index in [1.807, 2.05) is 6.07 Å². The molecule has 5 heteroatoms. The molecule has 1 rings (SSSR count). The maximum atomic E-state index is 11.7. The summed E-state index contributed by atoms with van der Waals surface area (Å²) < 4.78 is 4.87. The van der Waals surface area contributed by atoms with Crippen molar-refractivity contribution in [3.63, 3.8) is 0 Å². The van der Waals surface area contributed by atoms with Gasteiger partial charge in [-0.15, -0.1) is 0 Å². The fourth-order valence-corrected chi connectivity index (χ4v) is 1.29. The van der Waals surface area contributed by atoms with Crippen LogP contribution in [0.5, 0.6) is 0 Å². The van der Waals surface area contributed by atoms with Crippen molar-refractivity contribution in [3.8, 4) is 6.07 Å². The molecule has 0 aliphatic rings. The average molecular weight is 245 g/mol. The van der Waals surface area contributed by atoms with E-state index in [2.05, 4.69) is 10.3 Å². The van der Waals surface area contributed by atoms with E-state index < -0.39 is 0 Å². The van der Waals surface area contributed by atoms with Crippen molar-refractivity contribution in [2.75, 3.05) is 20.3 Å². The van der Waals surface area contributed by atoms with Crippen LogP contribution in [-0.2, 0) is 9.53 Å². The normalized spacial score (nSPS) is 10.8. The third-order valence-electron chi connectivity index (χ3n) is 2.17. The molecule has 1 amide bonds. The summed E-state index contributed by atoms with van der Waals surface area (Å²) in [6.07, 6.45) is 5.45. The van der Waals surface area contributed by atoms with Crippen molar-refractivity contribution < 1.29 is 9.53 Å². The summed E-state index contributed by atoms with van der Waals surface area (Å²) in [5.41, 5.74) is 0.793. The van der Waals surface area contributed by atoms with Crippen LogP contribution >= 0.6 is 0 Å². The van der Waals surface area contributed by atoms with Gasteiger partial charge in [-0.3, -0.25) is 9.78 Å². The fourth-order valence-electron chi connectivity index (χ4n) is 1.29. The Morgan fingerprint density at radius 1 is 1.67 bits per heavy atom. The molecule has 1 N–H and O–H groups in total. The topological polar surface area (TPSA) is 75.0 Å². The first kappa shape index (κ1) is 13.9. The van der Waals surface area contributed by atoms with E-state index in [0.29, 0.717) is 19.6 Å². The Morgan fingerprint density at radius 2 is 2.50 bits per heavy atom. The molecule has 0 saturated heterocycles. The lowest BCUT2D eigenvalue weighted by molar-refractivity contribution is -0.117. The summed E-state index contributed by atoms with van der Waals surface area (Å²) in [7, 11) is 1.60. The molecule has 0 fully saturated rings. The lowest BCUT2D eigenvalue weighted by Crippen LogP contribution is -2.26. The number of carbonyl (C=O) groups is 1. The van der Waals surface area contributed by atoms with Crippen LogP contribution in [0.4, 0.5) is 0 Å². The van der Waals surface area contributed by atoms with Gasteiger partial charge in [0.2, 0.25) is 0 Å². The quantitative estimate of drug-likeness (QED) is 0.463. The number of nitrogens with zero attached hydrogens (tertiary/aromatic N) is 2. The molecule has 0 radical (unpaired) electrons. The molecule has 94 valence electrons. The number of methoxy groups -OCH3 is 1. The Bertz CT molecular complexity index is 449. The van der Waals surface area contributed by atoms with Crippen LogP contribution in [0.1, 0.15) is 12.0 Å². The first-order valence-corrected chi connectivity index (χ1v) is 5.57. The largest absolute Gasteiger partial charge is 0.385 e. The minimum atomic E-state index is -0.377. The predicted octanol–water partition coefficient (Wildman–Crippen LogP) is 1.14. The van der Waals surface area contributed by atoms with E-state index in [9.17, 15) is 4.79 Å². The lowest BCUT2D eigenvalue weighted by atomic mass is 10.1. The van der Waals surface area contributed by atoms with Gasteiger partial charge in [-0.05, 0) is 24.1 Å². The Kier molecular flexibility index (Phi) is 6.15. The van der Waals surface area contributed by atoms with E-state index >= 15 is 0 Å². The van der Waals surface area contributed by atoms with Crippen LogP contribution in [0.15, 0.2) is 30.1 Å². The summed E-state index contributed by atoms with van der Waals surface area (Å²) in [6.45, 7) is 1.06. The van der Waals surface area contributed by atoms with E-state index in [1.54, 1.807) is 31.6 Å². The summed E-state index contributed by atoms with van der Waals surface area (Å²) in [4.78, 5) is 15.6. The third-order valence-corrected chi connectivity index (χ3v) is 2.17. The molecule has 1 heterocycles. The highest BCUT2D eigenvalue weighted by molar-refractivity contribution is 6.01. The fraction of sp³-hybridized carbons (Fsp3) is 0.308. The van der Waals surface area contributed by atoms with Crippen molar-refractivity contribution in [2.24, 2.45) is 0 Å². The number of hydrogen-bond acceptors (Lipinski definition) is 4. The van der Waals surface area contributed by atoms with Gasteiger partial charge in [0, 0.05) is 32.7 Å². The number of nitriles is 1. The molecule has 0 unspecified atom stereocenters. The van der Waals surface area contributed by atoms with Gasteiger partial charge < -0.3 is 10.1 Å². The van der Waals surface area contributed by atoms with E-state index in [-0.39, 0.29) is 11.5 Å². The van der Waals surface area contributed by atoms with Gasteiger partial charge in [-0.1, -0.05) is 6.07 Å². The number of ether oxygens (including phenoxy) is 1. The van der Waals surface area contributed by atoms with Crippen LogP contribution in [0.2, 0.25) is 0 Å². The molecule has 0 bridgehead atoms. The third kappa shape index (κ3) is 4.76.